The van der Waals surface area contributed by atoms with Crippen LogP contribution < -0.4 is 9.46 Å². The summed E-state index contributed by atoms with van der Waals surface area (Å²) in [5.41, 5.74) is 2.23. The van der Waals surface area contributed by atoms with Crippen molar-refractivity contribution in [2.24, 2.45) is 0 Å². The lowest BCUT2D eigenvalue weighted by Gasteiger charge is -2.13. The molecule has 0 aliphatic heterocycles. The Bertz CT molecular complexity index is 829. The Labute approximate surface area is 154 Å². The molecule has 0 spiro atoms. The van der Waals surface area contributed by atoms with E-state index in [0.717, 1.165) is 55.7 Å². The molecule has 0 unspecified atom stereocenters. The van der Waals surface area contributed by atoms with Crippen LogP contribution in [0.1, 0.15) is 55.7 Å². The van der Waals surface area contributed by atoms with Gasteiger partial charge in [0.2, 0.25) is 10.0 Å². The van der Waals surface area contributed by atoms with Crippen LogP contribution in [-0.2, 0) is 29.4 Å². The predicted molar refractivity (Wildman–Crippen MR) is 98.6 cm³/mol. The third kappa shape index (κ3) is 3.94. The molecule has 1 heterocycles. The quantitative estimate of drug-likeness (QED) is 0.813. The number of imidazole rings is 1. The van der Waals surface area contributed by atoms with Crippen molar-refractivity contribution in [2.45, 2.75) is 68.9 Å². The third-order valence-electron chi connectivity index (χ3n) is 5.17. The lowest BCUT2D eigenvalue weighted by molar-refractivity contribution is 0.210. The molecule has 0 saturated heterocycles. The molecule has 0 bridgehead atoms. The van der Waals surface area contributed by atoms with Crippen LogP contribution in [0.25, 0.3) is 0 Å². The van der Waals surface area contributed by atoms with Crippen molar-refractivity contribution >= 4 is 10.0 Å². The summed E-state index contributed by atoms with van der Waals surface area (Å²) in [6.45, 7) is 0.176. The van der Waals surface area contributed by atoms with Crippen LogP contribution in [0, 0.1) is 0 Å². The van der Waals surface area contributed by atoms with Gasteiger partial charge < -0.3 is 9.72 Å². The first-order chi connectivity index (χ1) is 12.6. The second kappa shape index (κ2) is 7.40. The lowest BCUT2D eigenvalue weighted by atomic mass is 10.0. The fourth-order valence-electron chi connectivity index (χ4n) is 3.74. The van der Waals surface area contributed by atoms with E-state index < -0.39 is 10.0 Å². The highest BCUT2D eigenvalue weighted by atomic mass is 32.2. The fraction of sp³-hybridized carbons (Fsp3) is 0.526. The van der Waals surface area contributed by atoms with E-state index in [1.807, 2.05) is 0 Å². The summed E-state index contributed by atoms with van der Waals surface area (Å²) in [6.07, 6.45) is 9.12. The maximum absolute atomic E-state index is 12.5. The Morgan fingerprint density at radius 3 is 2.54 bits per heavy atom. The molecule has 1 fully saturated rings. The molecule has 2 aromatic rings. The highest BCUT2D eigenvalue weighted by Crippen LogP contribution is 2.25. The van der Waals surface area contributed by atoms with Gasteiger partial charge in [0.15, 0.2) is 0 Å². The molecule has 140 valence electrons. The molecule has 2 N–H and O–H groups in total. The van der Waals surface area contributed by atoms with E-state index in [0.29, 0.717) is 5.82 Å². The number of rotatable bonds is 6. The molecule has 1 saturated carbocycles. The van der Waals surface area contributed by atoms with E-state index in [9.17, 15) is 8.42 Å². The molecule has 4 rings (SSSR count). The molecule has 0 radical (unpaired) electrons. The van der Waals surface area contributed by atoms with E-state index in [-0.39, 0.29) is 17.5 Å². The van der Waals surface area contributed by atoms with E-state index in [1.54, 1.807) is 24.3 Å². The van der Waals surface area contributed by atoms with Crippen LogP contribution in [-0.4, -0.2) is 24.5 Å². The normalized spacial score (nSPS) is 18.0. The molecular weight excluding hydrogens is 350 g/mol. The van der Waals surface area contributed by atoms with Crippen molar-refractivity contribution in [2.75, 3.05) is 0 Å². The molecule has 0 amide bonds. The number of benzene rings is 1. The van der Waals surface area contributed by atoms with Gasteiger partial charge in [0.25, 0.3) is 0 Å². The van der Waals surface area contributed by atoms with Crippen molar-refractivity contribution in [3.8, 4) is 5.75 Å². The van der Waals surface area contributed by atoms with Crippen molar-refractivity contribution in [1.29, 1.82) is 0 Å². The first-order valence-corrected chi connectivity index (χ1v) is 10.9. The second-order valence-electron chi connectivity index (χ2n) is 7.14. The summed E-state index contributed by atoms with van der Waals surface area (Å²) in [5.74, 6) is 1.41. The number of H-pyrrole nitrogens is 1. The van der Waals surface area contributed by atoms with Gasteiger partial charge in [-0.1, -0.05) is 0 Å². The number of aromatic nitrogens is 2. The van der Waals surface area contributed by atoms with Gasteiger partial charge in [-0.25, -0.2) is 18.1 Å². The summed E-state index contributed by atoms with van der Waals surface area (Å²) in [6, 6.07) is 6.66. The summed E-state index contributed by atoms with van der Waals surface area (Å²) in [7, 11) is -3.57. The van der Waals surface area contributed by atoms with Gasteiger partial charge in [-0.3, -0.25) is 0 Å². The molecule has 1 aromatic heterocycles. The van der Waals surface area contributed by atoms with Crippen molar-refractivity contribution < 1.29 is 13.2 Å². The number of sulfonamides is 1. The number of aryl methyl sites for hydroxylation is 2. The average molecular weight is 375 g/mol. The zero-order valence-corrected chi connectivity index (χ0v) is 15.6. The molecular formula is C19H25N3O3S. The molecule has 7 heteroatoms. The standard InChI is InChI=1S/C19H25N3O3S/c23-26(24,20-13-19-21-17-7-3-4-8-18(17)22-19)16-11-9-15(10-12-16)25-14-5-1-2-6-14/h9-12,14,20H,1-8,13H2,(H,21,22). The minimum absolute atomic E-state index is 0.176. The van der Waals surface area contributed by atoms with E-state index in [4.69, 9.17) is 4.74 Å². The summed E-state index contributed by atoms with van der Waals surface area (Å²) < 4.78 is 33.5. The molecule has 2 aliphatic carbocycles. The number of nitrogens with zero attached hydrogens (tertiary/aromatic N) is 1. The number of ether oxygens (including phenoxy) is 1. The first kappa shape index (κ1) is 17.5. The highest BCUT2D eigenvalue weighted by Gasteiger charge is 2.19. The van der Waals surface area contributed by atoms with Gasteiger partial charge in [0.1, 0.15) is 11.6 Å². The van der Waals surface area contributed by atoms with E-state index in [2.05, 4.69) is 14.7 Å². The lowest BCUT2D eigenvalue weighted by Crippen LogP contribution is -2.23. The van der Waals surface area contributed by atoms with Crippen LogP contribution in [0.15, 0.2) is 29.2 Å². The Morgan fingerprint density at radius 1 is 1.08 bits per heavy atom. The molecule has 2 aliphatic rings. The van der Waals surface area contributed by atoms with Gasteiger partial charge in [-0.2, -0.15) is 0 Å². The Balaban J connectivity index is 1.38. The summed E-state index contributed by atoms with van der Waals surface area (Å²) >= 11 is 0. The second-order valence-corrected chi connectivity index (χ2v) is 8.90. The third-order valence-corrected chi connectivity index (χ3v) is 6.59. The highest BCUT2D eigenvalue weighted by molar-refractivity contribution is 7.89. The van der Waals surface area contributed by atoms with Gasteiger partial charge in [0.05, 0.1) is 23.2 Å². The number of aromatic amines is 1. The van der Waals surface area contributed by atoms with Gasteiger partial charge in [-0.15, -0.1) is 0 Å². The largest absolute Gasteiger partial charge is 0.490 e. The van der Waals surface area contributed by atoms with Gasteiger partial charge in [-0.05, 0) is 75.6 Å². The fourth-order valence-corrected chi connectivity index (χ4v) is 4.73. The zero-order valence-electron chi connectivity index (χ0n) is 14.8. The topological polar surface area (TPSA) is 84.1 Å². The molecule has 0 atom stereocenters. The van der Waals surface area contributed by atoms with Crippen molar-refractivity contribution in [3.05, 3.63) is 41.5 Å². The Hall–Kier alpha value is -1.86. The van der Waals surface area contributed by atoms with Crippen LogP contribution in [0.5, 0.6) is 5.75 Å². The van der Waals surface area contributed by atoms with Crippen LogP contribution >= 0.6 is 0 Å². The monoisotopic (exact) mass is 375 g/mol. The van der Waals surface area contributed by atoms with Crippen molar-refractivity contribution in [3.63, 3.8) is 0 Å². The maximum atomic E-state index is 12.5. The van der Waals surface area contributed by atoms with Crippen LogP contribution in [0.2, 0.25) is 0 Å². The van der Waals surface area contributed by atoms with Crippen LogP contribution in [0.3, 0.4) is 0 Å². The smallest absolute Gasteiger partial charge is 0.240 e. The molecule has 1 aromatic carbocycles. The average Bonchev–Trinajstić information content (AvgIpc) is 3.29. The number of nitrogens with one attached hydrogen (secondary N) is 2. The minimum atomic E-state index is -3.57. The van der Waals surface area contributed by atoms with Crippen LogP contribution in [0.4, 0.5) is 0 Å². The maximum Gasteiger partial charge on any atom is 0.240 e. The van der Waals surface area contributed by atoms with Gasteiger partial charge in [0, 0.05) is 5.69 Å². The SMILES string of the molecule is O=S(=O)(NCc1nc2c([nH]1)CCCC2)c1ccc(OC2CCCC2)cc1. The van der Waals surface area contributed by atoms with E-state index in [1.165, 1.54) is 12.8 Å². The number of hydrogen-bond acceptors (Lipinski definition) is 4. The summed E-state index contributed by atoms with van der Waals surface area (Å²) in [4.78, 5) is 8.01. The first-order valence-electron chi connectivity index (χ1n) is 9.43. The Kier molecular flexibility index (Phi) is 5.00. The Morgan fingerprint density at radius 2 is 1.81 bits per heavy atom. The zero-order chi connectivity index (χ0) is 18.0. The number of fused-ring (bicyclic) bond motifs is 1. The van der Waals surface area contributed by atoms with Crippen molar-refractivity contribution in [1.82, 2.24) is 14.7 Å². The molecule has 6 nitrogen and oxygen atoms in total. The minimum Gasteiger partial charge on any atom is -0.490 e. The molecule has 26 heavy (non-hydrogen) atoms. The number of hydrogen-bond donors (Lipinski definition) is 2. The summed E-state index contributed by atoms with van der Waals surface area (Å²) in [5, 5.41) is 0. The van der Waals surface area contributed by atoms with E-state index >= 15 is 0 Å². The van der Waals surface area contributed by atoms with Gasteiger partial charge >= 0.3 is 0 Å². The predicted octanol–water partition coefficient (Wildman–Crippen LogP) is 3.09.